The molecule has 1 fully saturated rings. The Bertz CT molecular complexity index is 463. The third-order valence-corrected chi connectivity index (χ3v) is 6.16. The molecule has 0 radical (unpaired) electrons. The molecule has 0 saturated carbocycles. The van der Waals surface area contributed by atoms with Crippen LogP contribution in [0.1, 0.15) is 90.9 Å². The molecular weight excluding hydrogens is 414 g/mol. The fourth-order valence-corrected chi connectivity index (χ4v) is 4.05. The van der Waals surface area contributed by atoms with Crippen molar-refractivity contribution in [3.8, 4) is 0 Å². The lowest BCUT2D eigenvalue weighted by Crippen LogP contribution is -2.59. The Kier molecular flexibility index (Phi) is 16.2. The van der Waals surface area contributed by atoms with Crippen LogP contribution < -0.4 is 0 Å². The van der Waals surface area contributed by atoms with Gasteiger partial charge in [-0.15, -0.1) is 0 Å². The molecule has 1 unspecified atom stereocenters. The molecule has 0 bridgehead atoms. The Labute approximate surface area is 193 Å². The van der Waals surface area contributed by atoms with Gasteiger partial charge in [0.05, 0.1) is 6.61 Å². The van der Waals surface area contributed by atoms with Gasteiger partial charge in [0, 0.05) is 13.1 Å². The van der Waals surface area contributed by atoms with E-state index in [-0.39, 0.29) is 12.5 Å². The van der Waals surface area contributed by atoms with E-state index >= 15 is 0 Å². The smallest absolute Gasteiger partial charge is 0.248 e. The van der Waals surface area contributed by atoms with Gasteiger partial charge in [0.15, 0.2) is 6.29 Å². The molecule has 1 saturated heterocycles. The maximum Gasteiger partial charge on any atom is 0.248 e. The predicted molar refractivity (Wildman–Crippen MR) is 123 cm³/mol. The molecule has 0 aliphatic carbocycles. The zero-order valence-electron chi connectivity index (χ0n) is 20.2. The van der Waals surface area contributed by atoms with Crippen molar-refractivity contribution in [3.05, 3.63) is 0 Å². The van der Waals surface area contributed by atoms with Gasteiger partial charge in [-0.3, -0.25) is 4.79 Å². The highest BCUT2D eigenvalue weighted by molar-refractivity contribution is 5.77. The lowest BCUT2D eigenvalue weighted by atomic mass is 9.99. The zero-order valence-corrected chi connectivity index (χ0v) is 20.2. The topological polar surface area (TPSA) is 120 Å². The molecule has 4 N–H and O–H groups in total. The van der Waals surface area contributed by atoms with Gasteiger partial charge in [-0.1, -0.05) is 78.1 Å². The van der Waals surface area contributed by atoms with Crippen LogP contribution in [0.2, 0.25) is 0 Å². The van der Waals surface area contributed by atoms with E-state index in [2.05, 4.69) is 13.8 Å². The summed E-state index contributed by atoms with van der Waals surface area (Å²) in [6.07, 6.45) is 7.04. The summed E-state index contributed by atoms with van der Waals surface area (Å²) in [7, 11) is 0. The summed E-state index contributed by atoms with van der Waals surface area (Å²) in [5.74, 6) is -0.187. The molecule has 8 heteroatoms. The van der Waals surface area contributed by atoms with E-state index in [0.717, 1.165) is 25.7 Å². The monoisotopic (exact) mass is 461 g/mol. The van der Waals surface area contributed by atoms with Gasteiger partial charge in [0.25, 0.3) is 0 Å². The molecule has 32 heavy (non-hydrogen) atoms. The van der Waals surface area contributed by atoms with Crippen molar-refractivity contribution in [1.82, 2.24) is 4.90 Å². The number of aliphatic hydroxyl groups excluding tert-OH is 4. The molecule has 5 atom stereocenters. The summed E-state index contributed by atoms with van der Waals surface area (Å²) in [6, 6.07) is 0. The van der Waals surface area contributed by atoms with E-state index in [1.165, 1.54) is 51.4 Å². The summed E-state index contributed by atoms with van der Waals surface area (Å²) >= 11 is 0. The van der Waals surface area contributed by atoms with Gasteiger partial charge >= 0.3 is 0 Å². The summed E-state index contributed by atoms with van der Waals surface area (Å²) < 4.78 is 10.5. The SMILES string of the molecule is CCCCCCCCN(CCCCCCCC)C(=O)CO[C@H]1[C@H](O)[C@@H](CO)OC(O)[C@@H]1O. The molecule has 190 valence electrons. The van der Waals surface area contributed by atoms with Crippen LogP contribution in [0.4, 0.5) is 0 Å². The van der Waals surface area contributed by atoms with Crippen LogP contribution in [0.3, 0.4) is 0 Å². The van der Waals surface area contributed by atoms with Crippen molar-refractivity contribution >= 4 is 5.91 Å². The van der Waals surface area contributed by atoms with Crippen molar-refractivity contribution in [2.24, 2.45) is 0 Å². The first-order chi connectivity index (χ1) is 15.5. The van der Waals surface area contributed by atoms with Crippen LogP contribution in [0.15, 0.2) is 0 Å². The van der Waals surface area contributed by atoms with Gasteiger partial charge in [-0.05, 0) is 12.8 Å². The van der Waals surface area contributed by atoms with Gasteiger partial charge in [0.2, 0.25) is 5.91 Å². The van der Waals surface area contributed by atoms with E-state index in [4.69, 9.17) is 9.47 Å². The van der Waals surface area contributed by atoms with Gasteiger partial charge < -0.3 is 34.8 Å². The minimum atomic E-state index is -1.59. The van der Waals surface area contributed by atoms with Crippen LogP contribution in [-0.2, 0) is 14.3 Å². The third kappa shape index (κ3) is 10.9. The number of nitrogens with zero attached hydrogens (tertiary/aromatic N) is 1. The van der Waals surface area contributed by atoms with Crippen molar-refractivity contribution in [3.63, 3.8) is 0 Å². The lowest BCUT2D eigenvalue weighted by Gasteiger charge is -2.40. The van der Waals surface area contributed by atoms with Crippen LogP contribution in [0.25, 0.3) is 0 Å². The Morgan fingerprint density at radius 1 is 0.812 bits per heavy atom. The Balaban J connectivity index is 2.53. The van der Waals surface area contributed by atoms with Crippen LogP contribution >= 0.6 is 0 Å². The second-order valence-corrected chi connectivity index (χ2v) is 8.92. The maximum absolute atomic E-state index is 12.9. The molecule has 1 aliphatic rings. The number of carbonyl (C=O) groups is 1. The summed E-state index contributed by atoms with van der Waals surface area (Å²) in [6.45, 7) is 4.90. The zero-order chi connectivity index (χ0) is 23.8. The number of hydrogen-bond acceptors (Lipinski definition) is 7. The minimum absolute atomic E-state index is 0.187. The quantitative estimate of drug-likeness (QED) is 0.231. The highest BCUT2D eigenvalue weighted by Crippen LogP contribution is 2.22. The molecule has 0 aromatic rings. The molecule has 1 rings (SSSR count). The van der Waals surface area contributed by atoms with Crippen molar-refractivity contribution in [2.45, 2.75) is 122 Å². The van der Waals surface area contributed by atoms with Crippen LogP contribution in [0, 0.1) is 0 Å². The number of ether oxygens (including phenoxy) is 2. The second kappa shape index (κ2) is 17.7. The second-order valence-electron chi connectivity index (χ2n) is 8.92. The normalized spacial score (nSPS) is 25.8. The van der Waals surface area contributed by atoms with Crippen molar-refractivity contribution in [2.75, 3.05) is 26.3 Å². The van der Waals surface area contributed by atoms with E-state index < -0.39 is 37.3 Å². The van der Waals surface area contributed by atoms with Gasteiger partial charge in [0.1, 0.15) is 31.0 Å². The maximum atomic E-state index is 12.9. The lowest BCUT2D eigenvalue weighted by molar-refractivity contribution is -0.293. The molecule has 0 spiro atoms. The van der Waals surface area contributed by atoms with Gasteiger partial charge in [-0.2, -0.15) is 0 Å². The first kappa shape index (κ1) is 29.3. The molecule has 8 nitrogen and oxygen atoms in total. The van der Waals surface area contributed by atoms with E-state index in [9.17, 15) is 25.2 Å². The first-order valence-electron chi connectivity index (χ1n) is 12.7. The van der Waals surface area contributed by atoms with Crippen molar-refractivity contribution < 1.29 is 34.7 Å². The number of amides is 1. The Morgan fingerprint density at radius 3 is 1.81 bits per heavy atom. The number of unbranched alkanes of at least 4 members (excludes halogenated alkanes) is 10. The van der Waals surface area contributed by atoms with E-state index in [0.29, 0.717) is 13.1 Å². The summed E-state index contributed by atoms with van der Waals surface area (Å²) in [5.41, 5.74) is 0. The first-order valence-corrected chi connectivity index (χ1v) is 12.7. The average Bonchev–Trinajstić information content (AvgIpc) is 2.79. The fraction of sp³-hybridized carbons (Fsp3) is 0.958. The molecule has 0 aromatic heterocycles. The number of rotatable bonds is 18. The summed E-state index contributed by atoms with van der Waals surface area (Å²) in [4.78, 5) is 14.7. The average molecular weight is 462 g/mol. The fourth-order valence-electron chi connectivity index (χ4n) is 4.05. The van der Waals surface area contributed by atoms with Crippen LogP contribution in [0.5, 0.6) is 0 Å². The molecule has 0 aromatic carbocycles. The molecule has 1 heterocycles. The standard InChI is InChI=1S/C24H47NO7/c1-3-5-7-9-11-13-15-25(16-14-12-10-8-6-4-2)20(27)18-31-23-21(28)19(17-26)32-24(30)22(23)29/h19,21-24,26,28-30H,3-18H2,1-2H3/t19-,21-,22-,23+,24?/m1/s1. The van der Waals surface area contributed by atoms with Gasteiger partial charge in [-0.25, -0.2) is 0 Å². The number of hydrogen-bond donors (Lipinski definition) is 4. The molecular formula is C24H47NO7. The van der Waals surface area contributed by atoms with E-state index in [1.54, 1.807) is 0 Å². The molecule has 1 aliphatic heterocycles. The molecule has 1 amide bonds. The largest absolute Gasteiger partial charge is 0.394 e. The Morgan fingerprint density at radius 2 is 1.31 bits per heavy atom. The highest BCUT2D eigenvalue weighted by Gasteiger charge is 2.44. The Hall–Kier alpha value is -0.770. The minimum Gasteiger partial charge on any atom is -0.394 e. The van der Waals surface area contributed by atoms with E-state index in [1.807, 2.05) is 4.90 Å². The predicted octanol–water partition coefficient (Wildman–Crippen LogP) is 2.35. The number of carbonyl (C=O) groups excluding carboxylic acids is 1. The summed E-state index contributed by atoms with van der Waals surface area (Å²) in [5, 5.41) is 39.4. The van der Waals surface area contributed by atoms with Crippen LogP contribution in [-0.4, -0.2) is 88.2 Å². The highest BCUT2D eigenvalue weighted by atomic mass is 16.6. The number of aliphatic hydroxyl groups is 4. The van der Waals surface area contributed by atoms with Crippen molar-refractivity contribution in [1.29, 1.82) is 0 Å². The third-order valence-electron chi connectivity index (χ3n) is 6.16.